The van der Waals surface area contributed by atoms with Crippen LogP contribution in [0.25, 0.3) is 0 Å². The molecule has 4 nitrogen and oxygen atoms in total. The highest BCUT2D eigenvalue weighted by molar-refractivity contribution is 5.30. The summed E-state index contributed by atoms with van der Waals surface area (Å²) in [4.78, 5) is 0. The first kappa shape index (κ1) is 12.6. The zero-order chi connectivity index (χ0) is 13.1. The van der Waals surface area contributed by atoms with Gasteiger partial charge in [0.15, 0.2) is 0 Å². The molecule has 1 heterocycles. The first-order valence-corrected chi connectivity index (χ1v) is 5.72. The summed E-state index contributed by atoms with van der Waals surface area (Å²) in [7, 11) is 1.83. The minimum absolute atomic E-state index is 0.317. The number of hydrogen-bond donors (Lipinski definition) is 1. The van der Waals surface area contributed by atoms with Crippen molar-refractivity contribution in [3.05, 3.63) is 47.5 Å². The molecule has 1 aromatic heterocycles. The van der Waals surface area contributed by atoms with Gasteiger partial charge in [-0.2, -0.15) is 5.10 Å². The van der Waals surface area contributed by atoms with E-state index in [1.807, 2.05) is 19.3 Å². The Labute approximate surface area is 105 Å². The summed E-state index contributed by atoms with van der Waals surface area (Å²) in [6.07, 6.45) is 1.83. The minimum atomic E-state index is -0.344. The van der Waals surface area contributed by atoms with Gasteiger partial charge in [-0.15, -0.1) is 0 Å². The monoisotopic (exact) mass is 249 g/mol. The molecule has 0 aliphatic heterocycles. The molecule has 0 saturated carbocycles. The lowest BCUT2D eigenvalue weighted by Crippen LogP contribution is -2.07. The van der Waals surface area contributed by atoms with Crippen LogP contribution >= 0.6 is 0 Å². The summed E-state index contributed by atoms with van der Waals surface area (Å²) in [6, 6.07) is 6.24. The molecule has 5 heteroatoms. The van der Waals surface area contributed by atoms with Gasteiger partial charge in [0.2, 0.25) is 0 Å². The summed E-state index contributed by atoms with van der Waals surface area (Å²) in [5.41, 5.74) is 6.93. The van der Waals surface area contributed by atoms with E-state index in [4.69, 9.17) is 10.5 Å². The number of ether oxygens (including phenoxy) is 1. The van der Waals surface area contributed by atoms with Crippen molar-refractivity contribution < 1.29 is 9.13 Å². The molecule has 0 unspecified atom stereocenters. The van der Waals surface area contributed by atoms with E-state index in [2.05, 4.69) is 5.10 Å². The molecule has 2 N–H and O–H groups in total. The Kier molecular flexibility index (Phi) is 3.62. The Hall–Kier alpha value is -1.88. The van der Waals surface area contributed by atoms with Gasteiger partial charge in [0.1, 0.15) is 18.2 Å². The van der Waals surface area contributed by atoms with Crippen LogP contribution in [0.2, 0.25) is 0 Å². The van der Waals surface area contributed by atoms with Crippen molar-refractivity contribution in [3.63, 3.8) is 0 Å². The van der Waals surface area contributed by atoms with Crippen molar-refractivity contribution in [2.24, 2.45) is 12.8 Å². The molecule has 0 radical (unpaired) electrons. The molecular weight excluding hydrogens is 233 g/mol. The van der Waals surface area contributed by atoms with Crippen molar-refractivity contribution >= 4 is 0 Å². The largest absolute Gasteiger partial charge is 0.487 e. The third-order valence-corrected chi connectivity index (χ3v) is 2.62. The Balaban J connectivity index is 2.04. The fraction of sp³-hybridized carbons (Fsp3) is 0.308. The van der Waals surface area contributed by atoms with Crippen LogP contribution in [0.3, 0.4) is 0 Å². The van der Waals surface area contributed by atoms with E-state index in [9.17, 15) is 4.39 Å². The van der Waals surface area contributed by atoms with Gasteiger partial charge >= 0.3 is 0 Å². The molecule has 18 heavy (non-hydrogen) atoms. The normalized spacial score (nSPS) is 12.4. The molecule has 0 bridgehead atoms. The summed E-state index contributed by atoms with van der Waals surface area (Å²) >= 11 is 0. The molecule has 1 aromatic carbocycles. The predicted octanol–water partition coefficient (Wildman–Crippen LogP) is 2.16. The van der Waals surface area contributed by atoms with Crippen LogP contribution in [0.1, 0.15) is 24.2 Å². The van der Waals surface area contributed by atoms with Gasteiger partial charge < -0.3 is 10.5 Å². The van der Waals surface area contributed by atoms with Crippen LogP contribution in [0.5, 0.6) is 5.75 Å². The average Bonchev–Trinajstić information content (AvgIpc) is 2.72. The standard InChI is InChI=1S/C13H16FN3O/c1-9(15)12-4-3-11(7-13(12)14)18-8-10-5-6-17(2)16-10/h3-7,9H,8,15H2,1-2H3/t9-/m0/s1. The summed E-state index contributed by atoms with van der Waals surface area (Å²) in [5, 5.41) is 4.17. The number of nitrogens with zero attached hydrogens (tertiary/aromatic N) is 2. The molecule has 2 rings (SSSR count). The van der Waals surface area contributed by atoms with Crippen molar-refractivity contribution in [1.82, 2.24) is 9.78 Å². The van der Waals surface area contributed by atoms with Crippen LogP contribution in [0.4, 0.5) is 4.39 Å². The lowest BCUT2D eigenvalue weighted by Gasteiger charge is -2.09. The van der Waals surface area contributed by atoms with Crippen LogP contribution in [-0.4, -0.2) is 9.78 Å². The quantitative estimate of drug-likeness (QED) is 0.903. The zero-order valence-electron chi connectivity index (χ0n) is 10.4. The number of hydrogen-bond acceptors (Lipinski definition) is 3. The number of benzene rings is 1. The Morgan fingerprint density at radius 3 is 2.78 bits per heavy atom. The average molecular weight is 249 g/mol. The Bertz CT molecular complexity index is 537. The first-order chi connectivity index (χ1) is 8.56. The van der Waals surface area contributed by atoms with Crippen LogP contribution in [0.15, 0.2) is 30.5 Å². The Morgan fingerprint density at radius 2 is 2.22 bits per heavy atom. The second-order valence-corrected chi connectivity index (χ2v) is 4.24. The van der Waals surface area contributed by atoms with E-state index in [-0.39, 0.29) is 11.9 Å². The van der Waals surface area contributed by atoms with Gasteiger partial charge in [0.05, 0.1) is 5.69 Å². The highest BCUT2D eigenvalue weighted by Gasteiger charge is 2.08. The van der Waals surface area contributed by atoms with Gasteiger partial charge in [0.25, 0.3) is 0 Å². The van der Waals surface area contributed by atoms with Crippen molar-refractivity contribution in [1.29, 1.82) is 0 Å². The second kappa shape index (κ2) is 5.18. The van der Waals surface area contributed by atoms with Crippen LogP contribution < -0.4 is 10.5 Å². The molecule has 0 amide bonds. The summed E-state index contributed by atoms with van der Waals surface area (Å²) < 4.78 is 20.8. The van der Waals surface area contributed by atoms with Gasteiger partial charge in [0, 0.05) is 30.9 Å². The van der Waals surface area contributed by atoms with E-state index in [1.165, 1.54) is 6.07 Å². The number of rotatable bonds is 4. The lowest BCUT2D eigenvalue weighted by molar-refractivity contribution is 0.298. The van der Waals surface area contributed by atoms with Crippen molar-refractivity contribution in [3.8, 4) is 5.75 Å². The van der Waals surface area contributed by atoms with Gasteiger partial charge in [-0.1, -0.05) is 6.07 Å². The fourth-order valence-electron chi connectivity index (χ4n) is 1.66. The topological polar surface area (TPSA) is 53.1 Å². The molecule has 0 aliphatic rings. The summed E-state index contributed by atoms with van der Waals surface area (Å²) in [5.74, 6) is 0.131. The van der Waals surface area contributed by atoms with Crippen molar-refractivity contribution in [2.75, 3.05) is 0 Å². The predicted molar refractivity (Wildman–Crippen MR) is 66.5 cm³/mol. The third kappa shape index (κ3) is 2.87. The molecule has 0 aliphatic carbocycles. The van der Waals surface area contributed by atoms with Gasteiger partial charge in [-0.3, -0.25) is 4.68 Å². The summed E-state index contributed by atoms with van der Waals surface area (Å²) in [6.45, 7) is 2.06. The molecule has 0 spiro atoms. The van der Waals surface area contributed by atoms with Gasteiger partial charge in [-0.25, -0.2) is 4.39 Å². The van der Waals surface area contributed by atoms with E-state index in [0.717, 1.165) is 5.69 Å². The molecular formula is C13H16FN3O. The van der Waals surface area contributed by atoms with E-state index < -0.39 is 0 Å². The Morgan fingerprint density at radius 1 is 1.44 bits per heavy atom. The number of aryl methyl sites for hydroxylation is 1. The maximum absolute atomic E-state index is 13.7. The number of nitrogens with two attached hydrogens (primary N) is 1. The smallest absolute Gasteiger partial charge is 0.132 e. The highest BCUT2D eigenvalue weighted by Crippen LogP contribution is 2.21. The van der Waals surface area contributed by atoms with Gasteiger partial charge in [-0.05, 0) is 19.1 Å². The zero-order valence-corrected chi connectivity index (χ0v) is 10.4. The van der Waals surface area contributed by atoms with Crippen LogP contribution in [0, 0.1) is 5.82 Å². The highest BCUT2D eigenvalue weighted by atomic mass is 19.1. The first-order valence-electron chi connectivity index (χ1n) is 5.72. The second-order valence-electron chi connectivity index (χ2n) is 4.24. The van der Waals surface area contributed by atoms with E-state index in [0.29, 0.717) is 17.9 Å². The molecule has 0 saturated heterocycles. The van der Waals surface area contributed by atoms with E-state index in [1.54, 1.807) is 23.7 Å². The lowest BCUT2D eigenvalue weighted by atomic mass is 10.1. The SMILES string of the molecule is C[C@H](N)c1ccc(OCc2ccn(C)n2)cc1F. The molecule has 0 fully saturated rings. The third-order valence-electron chi connectivity index (χ3n) is 2.62. The molecule has 1 atom stereocenters. The number of halogens is 1. The molecule has 96 valence electrons. The minimum Gasteiger partial charge on any atom is -0.487 e. The maximum Gasteiger partial charge on any atom is 0.132 e. The van der Waals surface area contributed by atoms with Crippen LogP contribution in [-0.2, 0) is 13.7 Å². The van der Waals surface area contributed by atoms with E-state index >= 15 is 0 Å². The molecule has 2 aromatic rings. The maximum atomic E-state index is 13.7. The fourth-order valence-corrected chi connectivity index (χ4v) is 1.66. The number of aromatic nitrogens is 2. The van der Waals surface area contributed by atoms with Crippen molar-refractivity contribution in [2.45, 2.75) is 19.6 Å².